The molecular formula is C17H17F3N6S. The summed E-state index contributed by atoms with van der Waals surface area (Å²) in [5, 5.41) is 11.8. The Morgan fingerprint density at radius 1 is 1.15 bits per heavy atom. The van der Waals surface area contributed by atoms with Crippen molar-refractivity contribution in [1.82, 2.24) is 25.4 Å². The number of alkyl halides is 3. The summed E-state index contributed by atoms with van der Waals surface area (Å²) in [6.45, 7) is 0.573. The van der Waals surface area contributed by atoms with Gasteiger partial charge in [0.25, 0.3) is 0 Å². The van der Waals surface area contributed by atoms with Crippen LogP contribution in [-0.2, 0) is 19.3 Å². The van der Waals surface area contributed by atoms with E-state index < -0.39 is 11.9 Å². The van der Waals surface area contributed by atoms with Crippen molar-refractivity contribution in [2.24, 2.45) is 4.99 Å². The molecular weight excluding hydrogens is 377 g/mol. The summed E-state index contributed by atoms with van der Waals surface area (Å²) in [5.41, 5.74) is 0.879. The molecule has 0 fully saturated rings. The van der Waals surface area contributed by atoms with Gasteiger partial charge in [0.2, 0.25) is 0 Å². The second-order valence-electron chi connectivity index (χ2n) is 5.49. The van der Waals surface area contributed by atoms with Gasteiger partial charge in [-0.1, -0.05) is 18.2 Å². The number of hydrogen-bond acceptors (Lipinski definition) is 4. The molecule has 6 nitrogen and oxygen atoms in total. The molecule has 0 aliphatic heterocycles. The van der Waals surface area contributed by atoms with Crippen molar-refractivity contribution in [3.05, 3.63) is 64.4 Å². The quantitative estimate of drug-likeness (QED) is 0.515. The highest BCUT2D eigenvalue weighted by Gasteiger charge is 2.33. The molecule has 2 N–H and O–H groups in total. The fraction of sp³-hybridized carbons (Fsp3) is 0.235. The third kappa shape index (κ3) is 5.07. The number of rotatable bonds is 5. The van der Waals surface area contributed by atoms with Crippen molar-refractivity contribution >= 4 is 17.3 Å². The van der Waals surface area contributed by atoms with Gasteiger partial charge in [-0.25, -0.2) is 9.67 Å². The zero-order valence-corrected chi connectivity index (χ0v) is 15.2. The number of aliphatic imine (C=N–C) groups is 1. The van der Waals surface area contributed by atoms with E-state index >= 15 is 0 Å². The SMILES string of the molecule is CN=C(NCc1ccn(-c2ccccc2)n1)NCc1nc(C(F)(F)F)cs1. The van der Waals surface area contributed by atoms with E-state index in [0.717, 1.165) is 28.1 Å². The van der Waals surface area contributed by atoms with Crippen molar-refractivity contribution in [2.75, 3.05) is 7.05 Å². The number of guanidine groups is 1. The Morgan fingerprint density at radius 3 is 2.56 bits per heavy atom. The van der Waals surface area contributed by atoms with E-state index in [-0.39, 0.29) is 6.54 Å². The molecule has 2 aromatic heterocycles. The highest BCUT2D eigenvalue weighted by molar-refractivity contribution is 7.09. The molecule has 10 heteroatoms. The van der Waals surface area contributed by atoms with Crippen molar-refractivity contribution in [3.63, 3.8) is 0 Å². The summed E-state index contributed by atoms with van der Waals surface area (Å²) in [6, 6.07) is 11.6. The van der Waals surface area contributed by atoms with Crippen LogP contribution >= 0.6 is 11.3 Å². The first-order chi connectivity index (χ1) is 13.0. The van der Waals surface area contributed by atoms with Crippen LogP contribution in [0.25, 0.3) is 5.69 Å². The molecule has 1 aromatic carbocycles. The summed E-state index contributed by atoms with van der Waals surface area (Å²) in [6.07, 6.45) is -2.57. The molecule has 0 spiro atoms. The van der Waals surface area contributed by atoms with Crippen molar-refractivity contribution < 1.29 is 13.2 Å². The van der Waals surface area contributed by atoms with E-state index in [9.17, 15) is 13.2 Å². The summed E-state index contributed by atoms with van der Waals surface area (Å²) < 4.78 is 39.5. The van der Waals surface area contributed by atoms with Gasteiger partial charge in [-0.15, -0.1) is 11.3 Å². The third-order valence-electron chi connectivity index (χ3n) is 3.57. The van der Waals surface area contributed by atoms with Gasteiger partial charge < -0.3 is 10.6 Å². The van der Waals surface area contributed by atoms with Crippen molar-refractivity contribution in [1.29, 1.82) is 0 Å². The van der Waals surface area contributed by atoms with E-state index in [1.54, 1.807) is 11.7 Å². The molecule has 0 aliphatic carbocycles. The molecule has 0 radical (unpaired) electrons. The lowest BCUT2D eigenvalue weighted by Gasteiger charge is -2.09. The number of nitrogens with one attached hydrogen (secondary N) is 2. The topological polar surface area (TPSA) is 67.1 Å². The minimum absolute atomic E-state index is 0.152. The molecule has 0 saturated heterocycles. The molecule has 3 aromatic rings. The maximum absolute atomic E-state index is 12.6. The van der Waals surface area contributed by atoms with Crippen LogP contribution < -0.4 is 10.6 Å². The van der Waals surface area contributed by atoms with E-state index in [1.807, 2.05) is 42.6 Å². The maximum atomic E-state index is 12.6. The Bertz CT molecular complexity index is 901. The average Bonchev–Trinajstić information content (AvgIpc) is 3.32. The fourth-order valence-electron chi connectivity index (χ4n) is 2.26. The Balaban J connectivity index is 1.52. The average molecular weight is 394 g/mol. The van der Waals surface area contributed by atoms with Crippen LogP contribution in [0, 0.1) is 0 Å². The second-order valence-corrected chi connectivity index (χ2v) is 6.43. The van der Waals surface area contributed by atoms with Gasteiger partial charge >= 0.3 is 6.18 Å². The molecule has 3 rings (SSSR count). The smallest absolute Gasteiger partial charge is 0.351 e. The fourth-order valence-corrected chi connectivity index (χ4v) is 3.00. The largest absolute Gasteiger partial charge is 0.434 e. The number of halogens is 3. The number of nitrogens with zero attached hydrogens (tertiary/aromatic N) is 4. The number of aromatic nitrogens is 3. The standard InChI is InChI=1S/C17H17F3N6S/c1-21-16(23-10-15-24-14(11-27-15)17(18,19)20)22-9-12-7-8-26(25-12)13-5-3-2-4-6-13/h2-8,11H,9-10H2,1H3,(H2,21,22,23). The lowest BCUT2D eigenvalue weighted by molar-refractivity contribution is -0.140. The molecule has 0 unspecified atom stereocenters. The lowest BCUT2D eigenvalue weighted by atomic mass is 10.3. The number of benzene rings is 1. The van der Waals surface area contributed by atoms with Crippen LogP contribution in [0.5, 0.6) is 0 Å². The first-order valence-electron chi connectivity index (χ1n) is 8.02. The number of hydrogen-bond donors (Lipinski definition) is 2. The highest BCUT2D eigenvalue weighted by atomic mass is 32.1. The molecule has 0 atom stereocenters. The Morgan fingerprint density at radius 2 is 1.89 bits per heavy atom. The predicted octanol–water partition coefficient (Wildman–Crippen LogP) is 3.21. The van der Waals surface area contributed by atoms with Gasteiger partial charge in [-0.2, -0.15) is 18.3 Å². The minimum Gasteiger partial charge on any atom is -0.351 e. The zero-order chi connectivity index (χ0) is 19.3. The molecule has 0 saturated carbocycles. The van der Waals surface area contributed by atoms with Gasteiger partial charge in [0.1, 0.15) is 5.01 Å². The molecule has 0 aliphatic rings. The van der Waals surface area contributed by atoms with Crippen LogP contribution in [0.15, 0.2) is 53.0 Å². The molecule has 0 amide bonds. The second kappa shape index (κ2) is 8.21. The van der Waals surface area contributed by atoms with Crippen LogP contribution in [0.4, 0.5) is 13.2 Å². The van der Waals surface area contributed by atoms with E-state index in [4.69, 9.17) is 0 Å². The van der Waals surface area contributed by atoms with Crippen molar-refractivity contribution in [3.8, 4) is 5.69 Å². The maximum Gasteiger partial charge on any atom is 0.434 e. The van der Waals surface area contributed by atoms with Crippen LogP contribution in [-0.4, -0.2) is 27.8 Å². The van der Waals surface area contributed by atoms with Crippen molar-refractivity contribution in [2.45, 2.75) is 19.3 Å². The first-order valence-corrected chi connectivity index (χ1v) is 8.90. The van der Waals surface area contributed by atoms with Gasteiger partial charge in [0.15, 0.2) is 11.7 Å². The van der Waals surface area contributed by atoms with Gasteiger partial charge in [-0.05, 0) is 18.2 Å². The predicted molar refractivity (Wildman–Crippen MR) is 97.7 cm³/mol. The molecule has 142 valence electrons. The van der Waals surface area contributed by atoms with Crippen LogP contribution in [0.2, 0.25) is 0 Å². The number of para-hydroxylation sites is 1. The number of thiazole rings is 1. The zero-order valence-electron chi connectivity index (χ0n) is 14.4. The lowest BCUT2D eigenvalue weighted by Crippen LogP contribution is -2.36. The monoisotopic (exact) mass is 394 g/mol. The Hall–Kier alpha value is -2.88. The van der Waals surface area contributed by atoms with Crippen LogP contribution in [0.3, 0.4) is 0 Å². The molecule has 0 bridgehead atoms. The summed E-state index contributed by atoms with van der Waals surface area (Å²) in [5.74, 6) is 0.452. The summed E-state index contributed by atoms with van der Waals surface area (Å²) >= 11 is 0.952. The van der Waals surface area contributed by atoms with Crippen LogP contribution in [0.1, 0.15) is 16.4 Å². The molecule has 27 heavy (non-hydrogen) atoms. The third-order valence-corrected chi connectivity index (χ3v) is 4.42. The van der Waals surface area contributed by atoms with E-state index in [2.05, 4.69) is 25.7 Å². The van der Waals surface area contributed by atoms with Gasteiger partial charge in [0, 0.05) is 18.6 Å². The summed E-state index contributed by atoms with van der Waals surface area (Å²) in [7, 11) is 1.58. The first kappa shape index (κ1) is 18.9. The Kier molecular flexibility index (Phi) is 5.75. The minimum atomic E-state index is -4.42. The highest BCUT2D eigenvalue weighted by Crippen LogP contribution is 2.29. The molecule has 2 heterocycles. The van der Waals surface area contributed by atoms with Gasteiger partial charge in [-0.3, -0.25) is 4.99 Å². The van der Waals surface area contributed by atoms with E-state index in [0.29, 0.717) is 17.5 Å². The van der Waals surface area contributed by atoms with E-state index in [1.165, 1.54) is 0 Å². The summed E-state index contributed by atoms with van der Waals surface area (Å²) in [4.78, 5) is 7.63. The van der Waals surface area contributed by atoms with Gasteiger partial charge in [0.05, 0.1) is 24.5 Å². The normalized spacial score (nSPS) is 12.2. The Labute approximate surface area is 157 Å².